The molecule has 1 heterocycles. The van der Waals surface area contributed by atoms with Crippen molar-refractivity contribution in [1.82, 2.24) is 20.5 Å². The minimum absolute atomic E-state index is 0.109. The van der Waals surface area contributed by atoms with Gasteiger partial charge in [-0.1, -0.05) is 72.9 Å². The standard InChI is InChI=1S/C30H42N4O3S/c1-22-8-10-23(11-9-22)14-17-31-19-16-27(36)34(25-6-4-2-3-5-7-25)21-20-32-18-15-24-12-13-26(35)28-29(24)38-30(37)33-28/h8-13,25,31-32,35H,2-7,14-21H2,1H3,(H,33,37). The van der Waals surface area contributed by atoms with Crippen molar-refractivity contribution in [1.29, 1.82) is 0 Å². The highest BCUT2D eigenvalue weighted by atomic mass is 32.1. The first-order valence-electron chi connectivity index (χ1n) is 14.1. The Hall–Kier alpha value is -2.68. The molecular weight excluding hydrogens is 496 g/mol. The van der Waals surface area contributed by atoms with E-state index in [0.29, 0.717) is 24.5 Å². The molecule has 1 saturated carbocycles. The van der Waals surface area contributed by atoms with Crippen LogP contribution in [0.15, 0.2) is 41.2 Å². The Labute approximate surface area is 229 Å². The number of benzene rings is 2. The second kappa shape index (κ2) is 14.5. The zero-order chi connectivity index (χ0) is 26.7. The number of nitrogens with zero attached hydrogens (tertiary/aromatic N) is 1. The maximum Gasteiger partial charge on any atom is 0.305 e. The van der Waals surface area contributed by atoms with Crippen molar-refractivity contribution in [2.45, 2.75) is 70.8 Å². The van der Waals surface area contributed by atoms with Crippen LogP contribution in [-0.2, 0) is 17.6 Å². The van der Waals surface area contributed by atoms with Gasteiger partial charge in [0.25, 0.3) is 0 Å². The van der Waals surface area contributed by atoms with Crippen molar-refractivity contribution >= 4 is 27.5 Å². The number of carbonyl (C=O) groups is 1. The second-order valence-corrected chi connectivity index (χ2v) is 11.4. The SMILES string of the molecule is Cc1ccc(CCNCCC(=O)N(CCNCCc2ccc(O)c3[nH]c(=O)sc23)C2CCCCCC2)cc1. The van der Waals surface area contributed by atoms with Crippen molar-refractivity contribution in [3.63, 3.8) is 0 Å². The fraction of sp³-hybridized carbons (Fsp3) is 0.533. The van der Waals surface area contributed by atoms with Crippen LogP contribution in [0.3, 0.4) is 0 Å². The summed E-state index contributed by atoms with van der Waals surface area (Å²) >= 11 is 1.14. The Balaban J connectivity index is 1.23. The van der Waals surface area contributed by atoms with Gasteiger partial charge in [0, 0.05) is 32.1 Å². The molecule has 1 amide bonds. The lowest BCUT2D eigenvalue weighted by molar-refractivity contribution is -0.133. The van der Waals surface area contributed by atoms with E-state index in [4.69, 9.17) is 0 Å². The molecule has 206 valence electrons. The van der Waals surface area contributed by atoms with Crippen LogP contribution in [0.1, 0.15) is 61.6 Å². The highest BCUT2D eigenvalue weighted by Gasteiger charge is 2.24. The number of aromatic nitrogens is 1. The first kappa shape index (κ1) is 28.3. The molecule has 8 heteroatoms. The van der Waals surface area contributed by atoms with E-state index in [0.717, 1.165) is 73.5 Å². The molecule has 0 radical (unpaired) electrons. The maximum atomic E-state index is 13.3. The molecule has 0 aliphatic heterocycles. The number of H-pyrrole nitrogens is 1. The maximum absolute atomic E-state index is 13.3. The van der Waals surface area contributed by atoms with Gasteiger partial charge in [0.05, 0.1) is 4.70 Å². The molecule has 7 nitrogen and oxygen atoms in total. The van der Waals surface area contributed by atoms with Crippen LogP contribution in [0.25, 0.3) is 10.2 Å². The Morgan fingerprint density at radius 1 is 0.974 bits per heavy atom. The molecule has 1 aliphatic carbocycles. The number of hydrogen-bond acceptors (Lipinski definition) is 6. The molecule has 1 fully saturated rings. The van der Waals surface area contributed by atoms with Crippen LogP contribution in [0.4, 0.5) is 0 Å². The predicted molar refractivity (Wildman–Crippen MR) is 156 cm³/mol. The second-order valence-electron chi connectivity index (χ2n) is 10.4. The number of nitrogens with one attached hydrogen (secondary N) is 3. The molecule has 0 atom stereocenters. The first-order chi connectivity index (χ1) is 18.5. The molecule has 2 aromatic carbocycles. The van der Waals surface area contributed by atoms with Crippen LogP contribution < -0.4 is 15.5 Å². The summed E-state index contributed by atoms with van der Waals surface area (Å²) < 4.78 is 0.821. The molecule has 38 heavy (non-hydrogen) atoms. The van der Waals surface area contributed by atoms with Crippen molar-refractivity contribution in [2.75, 3.05) is 32.7 Å². The number of aromatic amines is 1. The monoisotopic (exact) mass is 538 g/mol. The van der Waals surface area contributed by atoms with Crippen molar-refractivity contribution < 1.29 is 9.90 Å². The number of hydrogen-bond donors (Lipinski definition) is 4. The van der Waals surface area contributed by atoms with Gasteiger partial charge >= 0.3 is 4.87 Å². The summed E-state index contributed by atoms with van der Waals surface area (Å²) in [5, 5.41) is 17.0. The van der Waals surface area contributed by atoms with Crippen molar-refractivity contribution in [3.05, 3.63) is 62.8 Å². The Bertz CT molecular complexity index is 1210. The van der Waals surface area contributed by atoms with E-state index in [9.17, 15) is 14.7 Å². The third-order valence-corrected chi connectivity index (χ3v) is 8.51. The largest absolute Gasteiger partial charge is 0.506 e. The molecule has 3 aromatic rings. The summed E-state index contributed by atoms with van der Waals surface area (Å²) in [6, 6.07) is 12.5. The number of aryl methyl sites for hydroxylation is 1. The van der Waals surface area contributed by atoms with Gasteiger partial charge in [0.2, 0.25) is 5.91 Å². The van der Waals surface area contributed by atoms with E-state index in [2.05, 4.69) is 51.7 Å². The van der Waals surface area contributed by atoms with E-state index < -0.39 is 0 Å². The lowest BCUT2D eigenvalue weighted by Crippen LogP contribution is -2.45. The first-order valence-corrected chi connectivity index (χ1v) is 14.9. The molecule has 0 saturated heterocycles. The van der Waals surface area contributed by atoms with Gasteiger partial charge in [-0.2, -0.15) is 0 Å². The topological polar surface area (TPSA) is 97.5 Å². The predicted octanol–water partition coefficient (Wildman–Crippen LogP) is 4.51. The van der Waals surface area contributed by atoms with E-state index in [1.54, 1.807) is 6.07 Å². The molecule has 0 bridgehead atoms. The fourth-order valence-electron chi connectivity index (χ4n) is 5.35. The number of phenolic OH excluding ortho intramolecular Hbond substituents is 1. The summed E-state index contributed by atoms with van der Waals surface area (Å²) in [5.74, 6) is 0.358. The highest BCUT2D eigenvalue weighted by molar-refractivity contribution is 7.16. The normalized spacial score (nSPS) is 14.6. The Morgan fingerprint density at radius 3 is 2.45 bits per heavy atom. The Morgan fingerprint density at radius 2 is 1.68 bits per heavy atom. The summed E-state index contributed by atoms with van der Waals surface area (Å²) in [6.45, 7) is 5.89. The van der Waals surface area contributed by atoms with Crippen LogP contribution in [0.5, 0.6) is 5.75 Å². The van der Waals surface area contributed by atoms with Gasteiger partial charge < -0.3 is 25.6 Å². The Kier molecular flexibility index (Phi) is 10.8. The van der Waals surface area contributed by atoms with Crippen molar-refractivity contribution in [3.8, 4) is 5.75 Å². The minimum atomic E-state index is -0.155. The van der Waals surface area contributed by atoms with Crippen molar-refractivity contribution in [2.24, 2.45) is 0 Å². The number of carbonyl (C=O) groups excluding carboxylic acids is 1. The third kappa shape index (κ3) is 8.16. The summed E-state index contributed by atoms with van der Waals surface area (Å²) in [5.41, 5.74) is 4.16. The van der Waals surface area contributed by atoms with Gasteiger partial charge in [0.1, 0.15) is 11.3 Å². The van der Waals surface area contributed by atoms with Crippen LogP contribution >= 0.6 is 11.3 Å². The van der Waals surface area contributed by atoms with Gasteiger partial charge in [-0.05, 0) is 62.9 Å². The molecule has 4 rings (SSSR count). The van der Waals surface area contributed by atoms with E-state index in [1.807, 2.05) is 6.07 Å². The number of rotatable bonds is 13. The molecule has 1 aromatic heterocycles. The molecule has 4 N–H and O–H groups in total. The van der Waals surface area contributed by atoms with Gasteiger partial charge in [-0.15, -0.1) is 0 Å². The zero-order valence-corrected chi connectivity index (χ0v) is 23.4. The fourth-order valence-corrected chi connectivity index (χ4v) is 6.25. The van der Waals surface area contributed by atoms with Gasteiger partial charge in [-0.3, -0.25) is 9.59 Å². The van der Waals surface area contributed by atoms with E-state index in [-0.39, 0.29) is 16.5 Å². The molecular formula is C30H42N4O3S. The molecule has 0 spiro atoms. The zero-order valence-electron chi connectivity index (χ0n) is 22.6. The number of aromatic hydroxyl groups is 1. The summed E-state index contributed by atoms with van der Waals surface area (Å²) in [4.78, 5) is 29.8. The van der Waals surface area contributed by atoms with Gasteiger partial charge in [0.15, 0.2) is 0 Å². The average Bonchev–Trinajstić information content (AvgIpc) is 3.12. The third-order valence-electron chi connectivity index (χ3n) is 7.55. The molecule has 0 unspecified atom stereocenters. The van der Waals surface area contributed by atoms with Crippen LogP contribution in [0.2, 0.25) is 0 Å². The summed E-state index contributed by atoms with van der Waals surface area (Å²) in [7, 11) is 0. The quantitative estimate of drug-likeness (QED) is 0.190. The average molecular weight is 539 g/mol. The lowest BCUT2D eigenvalue weighted by Gasteiger charge is -2.32. The highest BCUT2D eigenvalue weighted by Crippen LogP contribution is 2.28. The smallest absolute Gasteiger partial charge is 0.305 e. The minimum Gasteiger partial charge on any atom is -0.506 e. The van der Waals surface area contributed by atoms with E-state index >= 15 is 0 Å². The number of thiazole rings is 1. The number of phenols is 1. The van der Waals surface area contributed by atoms with Crippen LogP contribution in [0, 0.1) is 6.92 Å². The number of amides is 1. The van der Waals surface area contributed by atoms with Crippen LogP contribution in [-0.4, -0.2) is 59.7 Å². The summed E-state index contributed by atoms with van der Waals surface area (Å²) in [6.07, 6.45) is 9.40. The lowest BCUT2D eigenvalue weighted by atomic mass is 10.1. The molecule has 1 aliphatic rings. The van der Waals surface area contributed by atoms with E-state index in [1.165, 1.54) is 36.8 Å². The number of fused-ring (bicyclic) bond motifs is 1. The van der Waals surface area contributed by atoms with Gasteiger partial charge in [-0.25, -0.2) is 0 Å².